The van der Waals surface area contributed by atoms with E-state index in [0.29, 0.717) is 17.7 Å². The first-order chi connectivity index (χ1) is 11.2. The first-order valence-electron chi connectivity index (χ1n) is 7.34. The van der Waals surface area contributed by atoms with Crippen molar-refractivity contribution < 1.29 is 13.2 Å². The van der Waals surface area contributed by atoms with Gasteiger partial charge in [0, 0.05) is 13.1 Å². The number of carbonyl (C=O) groups is 1. The summed E-state index contributed by atoms with van der Waals surface area (Å²) in [7, 11) is -2.35. The number of amides is 1. The van der Waals surface area contributed by atoms with Gasteiger partial charge in [-0.1, -0.05) is 29.8 Å². The molecule has 0 radical (unpaired) electrons. The summed E-state index contributed by atoms with van der Waals surface area (Å²) in [6.07, 6.45) is 1.65. The number of hydrogen-bond donors (Lipinski definition) is 1. The van der Waals surface area contributed by atoms with E-state index in [1.54, 1.807) is 38.2 Å². The van der Waals surface area contributed by atoms with Crippen LogP contribution in [0.5, 0.6) is 0 Å². The molecule has 1 aromatic carbocycles. The third-order valence-corrected chi connectivity index (χ3v) is 6.63. The third-order valence-electron chi connectivity index (χ3n) is 4.21. The second kappa shape index (κ2) is 5.78. The van der Waals surface area contributed by atoms with Crippen molar-refractivity contribution >= 4 is 33.2 Å². The minimum absolute atomic E-state index is 0.0386. The normalized spacial score (nSPS) is 20.7. The van der Waals surface area contributed by atoms with Crippen molar-refractivity contribution in [1.82, 2.24) is 9.55 Å². The number of rotatable bonds is 3. The quantitative estimate of drug-likeness (QED) is 0.890. The number of benzene rings is 1. The number of para-hydroxylation sites is 1. The lowest BCUT2D eigenvalue weighted by Gasteiger charge is -2.38. The molecule has 0 bridgehead atoms. The van der Waals surface area contributed by atoms with Crippen LogP contribution in [0.15, 0.2) is 35.6 Å². The minimum atomic E-state index is -3.97. The second-order valence-electron chi connectivity index (χ2n) is 5.85. The smallest absolute Gasteiger partial charge is 0.285 e. The molecular formula is C15H17ClN4O3S. The van der Waals surface area contributed by atoms with Gasteiger partial charge in [-0.25, -0.2) is 4.98 Å². The Morgan fingerprint density at radius 2 is 2.04 bits per heavy atom. The molecule has 2 unspecified atom stereocenters. The van der Waals surface area contributed by atoms with Crippen LogP contribution >= 0.6 is 11.6 Å². The third kappa shape index (κ3) is 2.46. The molecule has 2 N–H and O–H groups in total. The lowest BCUT2D eigenvalue weighted by molar-refractivity contribution is -0.119. The summed E-state index contributed by atoms with van der Waals surface area (Å²) in [5, 5.41) is -0.164. The van der Waals surface area contributed by atoms with Crippen LogP contribution in [-0.2, 0) is 21.9 Å². The number of anilines is 1. The number of primary amides is 1. The van der Waals surface area contributed by atoms with Crippen LogP contribution in [0.4, 0.5) is 5.69 Å². The van der Waals surface area contributed by atoms with Crippen LogP contribution in [-0.4, -0.2) is 29.9 Å². The topological polar surface area (TPSA) is 98.3 Å². The van der Waals surface area contributed by atoms with Crippen LogP contribution < -0.4 is 10.0 Å². The molecule has 0 saturated heterocycles. The van der Waals surface area contributed by atoms with Crippen LogP contribution in [0.25, 0.3) is 0 Å². The summed E-state index contributed by atoms with van der Waals surface area (Å²) >= 11 is 6.09. The van der Waals surface area contributed by atoms with Gasteiger partial charge in [0.05, 0.1) is 17.9 Å². The van der Waals surface area contributed by atoms with E-state index in [1.165, 1.54) is 15.2 Å². The van der Waals surface area contributed by atoms with Gasteiger partial charge in [-0.3, -0.25) is 9.10 Å². The summed E-state index contributed by atoms with van der Waals surface area (Å²) in [6.45, 7) is 1.74. The molecule has 1 aromatic heterocycles. The number of carbonyl (C=O) groups excluding carboxylic acids is 1. The molecule has 24 heavy (non-hydrogen) atoms. The Morgan fingerprint density at radius 3 is 2.62 bits per heavy atom. The number of sulfonamides is 1. The fraction of sp³-hybridized carbons (Fsp3) is 0.333. The monoisotopic (exact) mass is 368 g/mol. The van der Waals surface area contributed by atoms with Crippen molar-refractivity contribution in [2.24, 2.45) is 12.8 Å². The van der Waals surface area contributed by atoms with Gasteiger partial charge in [0.15, 0.2) is 0 Å². The van der Waals surface area contributed by atoms with Gasteiger partial charge in [0.2, 0.25) is 10.9 Å². The summed E-state index contributed by atoms with van der Waals surface area (Å²) < 4.78 is 28.9. The molecule has 1 amide bonds. The van der Waals surface area contributed by atoms with Gasteiger partial charge in [-0.05, 0) is 25.0 Å². The molecule has 128 valence electrons. The SMILES string of the molecule is CC1CC(C(N)=O)c2ccccc2N1S(=O)(=O)c1ncn(C)c1Cl. The Hall–Kier alpha value is -2.06. The van der Waals surface area contributed by atoms with Crippen molar-refractivity contribution in [2.45, 2.75) is 30.3 Å². The molecule has 0 aliphatic carbocycles. The predicted octanol–water partition coefficient (Wildman–Crippen LogP) is 1.63. The Kier molecular flexibility index (Phi) is 4.05. The Bertz CT molecular complexity index is 909. The summed E-state index contributed by atoms with van der Waals surface area (Å²) in [4.78, 5) is 15.7. The Labute approximate surface area is 145 Å². The van der Waals surface area contributed by atoms with Gasteiger partial charge in [0.1, 0.15) is 5.15 Å². The molecule has 2 heterocycles. The van der Waals surface area contributed by atoms with E-state index in [2.05, 4.69) is 4.98 Å². The Balaban J connectivity index is 2.19. The number of fused-ring (bicyclic) bond motifs is 1. The molecule has 0 fully saturated rings. The summed E-state index contributed by atoms with van der Waals surface area (Å²) in [5.74, 6) is -0.996. The van der Waals surface area contributed by atoms with Gasteiger partial charge in [-0.2, -0.15) is 8.42 Å². The predicted molar refractivity (Wildman–Crippen MR) is 90.3 cm³/mol. The number of hydrogen-bond acceptors (Lipinski definition) is 4. The molecule has 0 saturated carbocycles. The average molecular weight is 369 g/mol. The molecule has 0 spiro atoms. The maximum Gasteiger partial charge on any atom is 0.285 e. The van der Waals surface area contributed by atoms with Crippen molar-refractivity contribution in [3.8, 4) is 0 Å². The largest absolute Gasteiger partial charge is 0.369 e. The zero-order valence-corrected chi connectivity index (χ0v) is 14.8. The maximum absolute atomic E-state index is 13.1. The highest BCUT2D eigenvalue weighted by atomic mass is 35.5. The zero-order valence-electron chi connectivity index (χ0n) is 13.2. The number of aryl methyl sites for hydroxylation is 1. The Morgan fingerprint density at radius 1 is 1.38 bits per heavy atom. The molecule has 1 aliphatic rings. The average Bonchev–Trinajstić information content (AvgIpc) is 2.86. The fourth-order valence-corrected chi connectivity index (χ4v) is 5.17. The lowest BCUT2D eigenvalue weighted by atomic mass is 9.87. The van der Waals surface area contributed by atoms with Crippen LogP contribution in [0, 0.1) is 0 Å². The minimum Gasteiger partial charge on any atom is -0.369 e. The highest BCUT2D eigenvalue weighted by molar-refractivity contribution is 7.92. The number of aromatic nitrogens is 2. The van der Waals surface area contributed by atoms with Crippen molar-refractivity contribution in [3.63, 3.8) is 0 Å². The molecule has 2 atom stereocenters. The highest BCUT2D eigenvalue weighted by Crippen LogP contribution is 2.41. The maximum atomic E-state index is 13.1. The number of nitrogens with two attached hydrogens (primary N) is 1. The standard InChI is InChI=1S/C15H17ClN4O3S/c1-9-7-11(14(17)21)10-5-3-4-6-12(10)20(9)24(22,23)15-13(16)19(2)8-18-15/h3-6,8-9,11H,7H2,1-2H3,(H2,17,21). The van der Waals surface area contributed by atoms with E-state index in [9.17, 15) is 13.2 Å². The van der Waals surface area contributed by atoms with Gasteiger partial charge in [-0.15, -0.1) is 0 Å². The van der Waals surface area contributed by atoms with E-state index in [4.69, 9.17) is 17.3 Å². The van der Waals surface area contributed by atoms with Gasteiger partial charge in [0.25, 0.3) is 10.0 Å². The first kappa shape index (κ1) is 16.8. The molecule has 3 rings (SSSR count). The van der Waals surface area contributed by atoms with E-state index >= 15 is 0 Å². The van der Waals surface area contributed by atoms with Crippen LogP contribution in [0.1, 0.15) is 24.8 Å². The lowest BCUT2D eigenvalue weighted by Crippen LogP contribution is -2.45. The number of nitrogens with zero attached hydrogens (tertiary/aromatic N) is 3. The van der Waals surface area contributed by atoms with Crippen molar-refractivity contribution in [2.75, 3.05) is 4.31 Å². The van der Waals surface area contributed by atoms with E-state index in [1.807, 2.05) is 0 Å². The number of imidazole rings is 1. The van der Waals surface area contributed by atoms with Crippen molar-refractivity contribution in [1.29, 1.82) is 0 Å². The molecular weight excluding hydrogens is 352 g/mol. The summed E-state index contributed by atoms with van der Waals surface area (Å²) in [6, 6.07) is 6.40. The molecule has 1 aliphatic heterocycles. The fourth-order valence-electron chi connectivity index (χ4n) is 3.08. The van der Waals surface area contributed by atoms with Gasteiger partial charge >= 0.3 is 0 Å². The zero-order chi connectivity index (χ0) is 17.6. The number of halogens is 1. The molecule has 9 heteroatoms. The van der Waals surface area contributed by atoms with E-state index in [0.717, 1.165) is 0 Å². The van der Waals surface area contributed by atoms with Crippen molar-refractivity contribution in [3.05, 3.63) is 41.3 Å². The highest BCUT2D eigenvalue weighted by Gasteiger charge is 2.41. The van der Waals surface area contributed by atoms with Crippen LogP contribution in [0.3, 0.4) is 0 Å². The molecule has 7 nitrogen and oxygen atoms in total. The summed E-state index contributed by atoms with van der Waals surface area (Å²) in [5.41, 5.74) is 6.52. The van der Waals surface area contributed by atoms with E-state index in [-0.39, 0.29) is 10.2 Å². The van der Waals surface area contributed by atoms with Crippen LogP contribution in [0.2, 0.25) is 5.15 Å². The first-order valence-corrected chi connectivity index (χ1v) is 9.16. The molecule has 2 aromatic rings. The van der Waals surface area contributed by atoms with Gasteiger partial charge < -0.3 is 10.3 Å². The second-order valence-corrected chi connectivity index (χ2v) is 7.94. The van der Waals surface area contributed by atoms with E-state index < -0.39 is 27.9 Å².